The molecule has 2 amide bonds. The quantitative estimate of drug-likeness (QED) is 0.834. The van der Waals surface area contributed by atoms with Gasteiger partial charge < -0.3 is 20.1 Å². The summed E-state index contributed by atoms with van der Waals surface area (Å²) in [5.41, 5.74) is 1.29. The summed E-state index contributed by atoms with van der Waals surface area (Å²) in [6.07, 6.45) is 5.11. The molecule has 25 heavy (non-hydrogen) atoms. The minimum Gasteiger partial charge on any atom is -0.388 e. The molecule has 1 heterocycles. The molecule has 2 saturated carbocycles. The Bertz CT molecular complexity index is 598. The number of hydrogen-bond acceptors (Lipinski definition) is 3. The highest BCUT2D eigenvalue weighted by molar-refractivity contribution is 5.74. The van der Waals surface area contributed by atoms with Crippen molar-refractivity contribution in [2.24, 2.45) is 11.3 Å². The zero-order chi connectivity index (χ0) is 17.3. The van der Waals surface area contributed by atoms with E-state index in [4.69, 9.17) is 4.74 Å². The molecule has 2 atom stereocenters. The average Bonchev–Trinajstić information content (AvgIpc) is 3.54. The topological polar surface area (TPSA) is 61.8 Å². The summed E-state index contributed by atoms with van der Waals surface area (Å²) >= 11 is 0. The molecule has 1 aromatic rings. The molecule has 2 N–H and O–H groups in total. The van der Waals surface area contributed by atoms with Gasteiger partial charge in [0.25, 0.3) is 0 Å². The molecule has 2 unspecified atom stereocenters. The lowest BCUT2D eigenvalue weighted by molar-refractivity contribution is -0.00715. The van der Waals surface area contributed by atoms with E-state index < -0.39 is 6.10 Å². The van der Waals surface area contributed by atoms with E-state index in [9.17, 15) is 9.90 Å². The Morgan fingerprint density at radius 1 is 1.32 bits per heavy atom. The Kier molecular flexibility index (Phi) is 4.69. The van der Waals surface area contributed by atoms with Gasteiger partial charge in [-0.1, -0.05) is 30.3 Å². The van der Waals surface area contributed by atoms with Crippen LogP contribution in [0.4, 0.5) is 4.79 Å². The third kappa shape index (κ3) is 3.82. The first-order valence-electron chi connectivity index (χ1n) is 9.53. The maximum atomic E-state index is 12.7. The first kappa shape index (κ1) is 16.9. The van der Waals surface area contributed by atoms with E-state index in [0.29, 0.717) is 31.6 Å². The van der Waals surface area contributed by atoms with E-state index >= 15 is 0 Å². The van der Waals surface area contributed by atoms with Gasteiger partial charge in [-0.25, -0.2) is 4.79 Å². The van der Waals surface area contributed by atoms with Crippen LogP contribution in [0.2, 0.25) is 0 Å². The maximum Gasteiger partial charge on any atom is 0.317 e. The predicted octanol–water partition coefficient (Wildman–Crippen LogP) is 2.71. The number of urea groups is 1. The van der Waals surface area contributed by atoms with Gasteiger partial charge in [-0.15, -0.1) is 0 Å². The van der Waals surface area contributed by atoms with Crippen molar-refractivity contribution in [1.82, 2.24) is 10.2 Å². The number of nitrogens with zero attached hydrogens (tertiary/aromatic N) is 1. The van der Waals surface area contributed by atoms with Crippen molar-refractivity contribution < 1.29 is 14.6 Å². The summed E-state index contributed by atoms with van der Waals surface area (Å²) in [6.45, 7) is 2.46. The normalized spacial score (nSPS) is 26.1. The van der Waals surface area contributed by atoms with Crippen LogP contribution in [-0.2, 0) is 4.74 Å². The van der Waals surface area contributed by atoms with Crippen molar-refractivity contribution in [3.63, 3.8) is 0 Å². The van der Waals surface area contributed by atoms with Crippen LogP contribution in [-0.4, -0.2) is 48.4 Å². The number of aliphatic hydroxyl groups excluding tert-OH is 1. The number of hydrogen-bond donors (Lipinski definition) is 2. The summed E-state index contributed by atoms with van der Waals surface area (Å²) in [4.78, 5) is 14.6. The van der Waals surface area contributed by atoms with Crippen molar-refractivity contribution in [3.8, 4) is 0 Å². The van der Waals surface area contributed by atoms with Crippen molar-refractivity contribution >= 4 is 6.03 Å². The van der Waals surface area contributed by atoms with Crippen LogP contribution >= 0.6 is 0 Å². The Morgan fingerprint density at radius 2 is 2.08 bits per heavy atom. The number of benzene rings is 1. The van der Waals surface area contributed by atoms with Crippen LogP contribution in [0, 0.1) is 11.3 Å². The molecule has 0 radical (unpaired) electrons. The van der Waals surface area contributed by atoms with Gasteiger partial charge in [0.05, 0.1) is 25.4 Å². The van der Waals surface area contributed by atoms with Gasteiger partial charge in [0.2, 0.25) is 0 Å². The lowest BCUT2D eigenvalue weighted by atomic mass is 10.0. The fourth-order valence-electron chi connectivity index (χ4n) is 4.13. The number of carbonyl (C=O) groups is 1. The fourth-order valence-corrected chi connectivity index (χ4v) is 4.13. The van der Waals surface area contributed by atoms with Gasteiger partial charge in [-0.05, 0) is 42.6 Å². The maximum absolute atomic E-state index is 12.7. The molecule has 1 saturated heterocycles. The van der Waals surface area contributed by atoms with Gasteiger partial charge in [0, 0.05) is 19.5 Å². The van der Waals surface area contributed by atoms with Crippen LogP contribution in [0.5, 0.6) is 0 Å². The number of nitrogens with one attached hydrogen (secondary N) is 1. The van der Waals surface area contributed by atoms with Crippen molar-refractivity contribution in [2.75, 3.05) is 26.3 Å². The predicted molar refractivity (Wildman–Crippen MR) is 95.1 cm³/mol. The standard InChI is InChI=1S/C20H28N2O3/c23-18(15-4-2-1-3-5-15)12-17-13-25-11-10-22(17)19(24)21-14-20(8-9-20)16-6-7-16/h1-5,16-18,23H,6-14H2,(H,21,24). The summed E-state index contributed by atoms with van der Waals surface area (Å²) in [5, 5.41) is 13.7. The van der Waals surface area contributed by atoms with Crippen LogP contribution in [0.1, 0.15) is 43.8 Å². The van der Waals surface area contributed by atoms with Crippen LogP contribution < -0.4 is 5.32 Å². The highest BCUT2D eigenvalue weighted by Gasteiger charge is 2.53. The molecule has 5 nitrogen and oxygen atoms in total. The smallest absolute Gasteiger partial charge is 0.317 e. The highest BCUT2D eigenvalue weighted by atomic mass is 16.5. The van der Waals surface area contributed by atoms with Crippen LogP contribution in [0.3, 0.4) is 0 Å². The van der Waals surface area contributed by atoms with Crippen LogP contribution in [0.15, 0.2) is 30.3 Å². The summed E-state index contributed by atoms with van der Waals surface area (Å²) in [5.74, 6) is 0.841. The molecule has 0 bridgehead atoms. The van der Waals surface area contributed by atoms with Crippen molar-refractivity contribution in [3.05, 3.63) is 35.9 Å². The molecule has 0 aromatic heterocycles. The number of rotatable bonds is 6. The second-order valence-electron chi connectivity index (χ2n) is 7.88. The van der Waals surface area contributed by atoms with Crippen molar-refractivity contribution in [1.29, 1.82) is 0 Å². The molecule has 1 aromatic carbocycles. The second-order valence-corrected chi connectivity index (χ2v) is 7.88. The molecule has 4 rings (SSSR count). The minimum atomic E-state index is -0.579. The SMILES string of the molecule is O=C(NCC1(C2CC2)CC1)N1CCOCC1CC(O)c1ccccc1. The summed E-state index contributed by atoms with van der Waals surface area (Å²) in [7, 11) is 0. The van der Waals surface area contributed by atoms with Crippen LogP contribution in [0.25, 0.3) is 0 Å². The number of aliphatic hydroxyl groups is 1. The third-order valence-corrected chi connectivity index (χ3v) is 6.10. The monoisotopic (exact) mass is 344 g/mol. The van der Waals surface area contributed by atoms with E-state index in [2.05, 4.69) is 5.32 Å². The zero-order valence-corrected chi connectivity index (χ0v) is 14.7. The van der Waals surface area contributed by atoms with Gasteiger partial charge in [0.15, 0.2) is 0 Å². The summed E-state index contributed by atoms with van der Waals surface area (Å²) in [6, 6.07) is 9.55. The van der Waals surface area contributed by atoms with E-state index in [1.54, 1.807) is 0 Å². The average molecular weight is 344 g/mol. The second kappa shape index (κ2) is 6.96. The van der Waals surface area contributed by atoms with Gasteiger partial charge in [0.1, 0.15) is 0 Å². The number of amides is 2. The fraction of sp³-hybridized carbons (Fsp3) is 0.650. The lowest BCUT2D eigenvalue weighted by Crippen LogP contribution is -2.53. The largest absolute Gasteiger partial charge is 0.388 e. The molecule has 3 aliphatic rings. The lowest BCUT2D eigenvalue weighted by Gasteiger charge is -2.37. The third-order valence-electron chi connectivity index (χ3n) is 6.10. The van der Waals surface area contributed by atoms with Gasteiger partial charge >= 0.3 is 6.03 Å². The van der Waals surface area contributed by atoms with Gasteiger partial charge in [-0.2, -0.15) is 0 Å². The Balaban J connectivity index is 1.34. The number of carbonyl (C=O) groups excluding carboxylic acids is 1. The zero-order valence-electron chi connectivity index (χ0n) is 14.7. The molecule has 0 spiro atoms. The van der Waals surface area contributed by atoms with Gasteiger partial charge in [-0.3, -0.25) is 0 Å². The molecular weight excluding hydrogens is 316 g/mol. The Hall–Kier alpha value is -1.59. The minimum absolute atomic E-state index is 0.000451. The first-order valence-corrected chi connectivity index (χ1v) is 9.53. The molecule has 136 valence electrons. The molecule has 1 aliphatic heterocycles. The molecular formula is C20H28N2O3. The van der Waals surface area contributed by atoms with E-state index in [1.807, 2.05) is 35.2 Å². The summed E-state index contributed by atoms with van der Waals surface area (Å²) < 4.78 is 5.57. The molecule has 5 heteroatoms. The molecule has 2 aliphatic carbocycles. The van der Waals surface area contributed by atoms with E-state index in [1.165, 1.54) is 25.7 Å². The van der Waals surface area contributed by atoms with E-state index in [0.717, 1.165) is 18.0 Å². The number of ether oxygens (including phenoxy) is 1. The highest BCUT2D eigenvalue weighted by Crippen LogP contribution is 2.60. The van der Waals surface area contributed by atoms with Crippen molar-refractivity contribution in [2.45, 2.75) is 44.2 Å². The van der Waals surface area contributed by atoms with E-state index in [-0.39, 0.29) is 12.1 Å². The number of morpholine rings is 1. The Morgan fingerprint density at radius 3 is 2.76 bits per heavy atom. The first-order chi connectivity index (χ1) is 12.2. The Labute approximate surface area is 149 Å². The molecule has 3 fully saturated rings.